The highest BCUT2D eigenvalue weighted by atomic mass is 16.5. The zero-order valence-corrected chi connectivity index (χ0v) is 13.0. The summed E-state index contributed by atoms with van der Waals surface area (Å²) >= 11 is 0. The predicted molar refractivity (Wildman–Crippen MR) is 91.7 cm³/mol. The molecule has 0 unspecified atom stereocenters. The molecule has 0 atom stereocenters. The van der Waals surface area contributed by atoms with Gasteiger partial charge in [0.2, 0.25) is 0 Å². The smallest absolute Gasteiger partial charge is 0.280 e. The van der Waals surface area contributed by atoms with Crippen molar-refractivity contribution in [2.75, 3.05) is 7.11 Å². The van der Waals surface area contributed by atoms with Crippen LogP contribution in [0.1, 0.15) is 5.56 Å². The van der Waals surface area contributed by atoms with E-state index in [2.05, 4.69) is 10.1 Å². The highest BCUT2D eigenvalue weighted by Gasteiger charge is 2.12. The van der Waals surface area contributed by atoms with E-state index < -0.39 is 0 Å². The number of ether oxygens (including phenoxy) is 1. The van der Waals surface area contributed by atoms with Crippen LogP contribution in [0, 0.1) is 0 Å². The second-order valence-corrected chi connectivity index (χ2v) is 5.51. The molecule has 4 aromatic rings. The summed E-state index contributed by atoms with van der Waals surface area (Å²) in [6.45, 7) is -0.0446. The third kappa shape index (κ3) is 2.16. The molecule has 2 heterocycles. The van der Waals surface area contributed by atoms with Crippen LogP contribution in [0.3, 0.4) is 0 Å². The molecule has 4 rings (SSSR count). The molecular weight excluding hydrogens is 306 g/mol. The van der Waals surface area contributed by atoms with Crippen molar-refractivity contribution in [3.05, 3.63) is 64.6 Å². The molecule has 24 heavy (non-hydrogen) atoms. The number of fused-ring (bicyclic) bond motifs is 3. The van der Waals surface area contributed by atoms with Crippen molar-refractivity contribution in [3.8, 4) is 11.4 Å². The first kappa shape index (κ1) is 14.5. The van der Waals surface area contributed by atoms with Gasteiger partial charge in [-0.1, -0.05) is 18.2 Å². The Morgan fingerprint density at radius 1 is 1.21 bits per heavy atom. The van der Waals surface area contributed by atoms with Gasteiger partial charge >= 0.3 is 0 Å². The van der Waals surface area contributed by atoms with Crippen LogP contribution < -0.4 is 10.3 Å². The molecule has 2 N–H and O–H groups in total. The number of nitrogens with zero attached hydrogens (tertiary/aromatic N) is 2. The summed E-state index contributed by atoms with van der Waals surface area (Å²) in [5.74, 6) is 0.675. The van der Waals surface area contributed by atoms with Crippen molar-refractivity contribution in [2.24, 2.45) is 0 Å². The Labute approximate surface area is 136 Å². The highest BCUT2D eigenvalue weighted by molar-refractivity contribution is 6.02. The molecule has 0 spiro atoms. The lowest BCUT2D eigenvalue weighted by Gasteiger charge is -2.04. The zero-order chi connectivity index (χ0) is 16.7. The van der Waals surface area contributed by atoms with Gasteiger partial charge in [0.1, 0.15) is 5.75 Å². The Hall–Kier alpha value is -3.12. The molecule has 2 aromatic carbocycles. The quantitative estimate of drug-likeness (QED) is 0.607. The zero-order valence-electron chi connectivity index (χ0n) is 13.0. The van der Waals surface area contributed by atoms with Gasteiger partial charge in [-0.2, -0.15) is 0 Å². The van der Waals surface area contributed by atoms with Crippen LogP contribution in [-0.2, 0) is 6.61 Å². The Bertz CT molecular complexity index is 1110. The van der Waals surface area contributed by atoms with E-state index in [1.54, 1.807) is 19.4 Å². The van der Waals surface area contributed by atoms with E-state index in [-0.39, 0.29) is 12.2 Å². The first-order valence-electron chi connectivity index (χ1n) is 7.49. The standard InChI is InChI=1S/C18H15N3O3/c1-24-13-4-2-3-12(8-13)21-18(23)15-9-19-16-7-11(10-22)5-6-14(16)17(15)20-21/h2-9,20,22H,10H2,1H3. The summed E-state index contributed by atoms with van der Waals surface area (Å²) in [4.78, 5) is 17.1. The molecule has 0 amide bonds. The Balaban J connectivity index is 1.99. The van der Waals surface area contributed by atoms with Gasteiger partial charge in [-0.25, -0.2) is 4.68 Å². The van der Waals surface area contributed by atoms with Crippen molar-refractivity contribution in [3.63, 3.8) is 0 Å². The molecule has 6 heteroatoms. The Morgan fingerprint density at radius 2 is 2.08 bits per heavy atom. The van der Waals surface area contributed by atoms with Gasteiger partial charge in [0, 0.05) is 17.6 Å². The maximum absolute atomic E-state index is 12.7. The number of pyridine rings is 1. The summed E-state index contributed by atoms with van der Waals surface area (Å²) < 4.78 is 6.70. The minimum atomic E-state index is -0.168. The largest absolute Gasteiger partial charge is 0.497 e. The molecule has 0 aliphatic rings. The molecule has 0 bridgehead atoms. The number of aliphatic hydroxyl groups is 1. The van der Waals surface area contributed by atoms with E-state index in [4.69, 9.17) is 4.74 Å². The number of hydrogen-bond acceptors (Lipinski definition) is 4. The third-order valence-corrected chi connectivity index (χ3v) is 4.08. The number of aromatic amines is 1. The summed E-state index contributed by atoms with van der Waals surface area (Å²) in [6, 6.07) is 12.8. The number of aromatic nitrogens is 3. The molecule has 120 valence electrons. The summed E-state index contributed by atoms with van der Waals surface area (Å²) in [7, 11) is 1.59. The Kier molecular flexibility index (Phi) is 3.32. The van der Waals surface area contributed by atoms with Crippen LogP contribution in [0.25, 0.3) is 27.5 Å². The SMILES string of the molecule is COc1cccc(-n2[nH]c3c(cnc4cc(CO)ccc43)c2=O)c1. The molecule has 6 nitrogen and oxygen atoms in total. The highest BCUT2D eigenvalue weighted by Crippen LogP contribution is 2.23. The predicted octanol–water partition coefficient (Wildman–Crippen LogP) is 2.37. The van der Waals surface area contributed by atoms with Gasteiger partial charge in [0.05, 0.1) is 35.8 Å². The van der Waals surface area contributed by atoms with Crippen LogP contribution in [0.2, 0.25) is 0 Å². The second-order valence-electron chi connectivity index (χ2n) is 5.51. The number of aliphatic hydroxyl groups excluding tert-OH is 1. The van der Waals surface area contributed by atoms with Crippen LogP contribution in [0.4, 0.5) is 0 Å². The lowest BCUT2D eigenvalue weighted by Crippen LogP contribution is -2.14. The fraction of sp³-hybridized carbons (Fsp3) is 0.111. The van der Waals surface area contributed by atoms with E-state index in [1.165, 1.54) is 4.68 Å². The second kappa shape index (κ2) is 5.50. The van der Waals surface area contributed by atoms with Gasteiger partial charge in [-0.05, 0) is 23.8 Å². The average molecular weight is 321 g/mol. The fourth-order valence-corrected chi connectivity index (χ4v) is 2.83. The molecule has 0 aliphatic carbocycles. The third-order valence-electron chi connectivity index (χ3n) is 4.08. The topological polar surface area (TPSA) is 80.1 Å². The fourth-order valence-electron chi connectivity index (χ4n) is 2.83. The Morgan fingerprint density at radius 3 is 2.88 bits per heavy atom. The van der Waals surface area contributed by atoms with Crippen molar-refractivity contribution in [1.82, 2.24) is 14.8 Å². The van der Waals surface area contributed by atoms with Crippen LogP contribution in [0.5, 0.6) is 5.75 Å². The van der Waals surface area contributed by atoms with Gasteiger partial charge in [0.25, 0.3) is 5.56 Å². The van der Waals surface area contributed by atoms with Crippen LogP contribution in [-0.4, -0.2) is 27.0 Å². The van der Waals surface area contributed by atoms with E-state index in [9.17, 15) is 9.90 Å². The monoisotopic (exact) mass is 321 g/mol. The van der Waals surface area contributed by atoms with Crippen molar-refractivity contribution >= 4 is 21.8 Å². The van der Waals surface area contributed by atoms with E-state index in [0.29, 0.717) is 16.8 Å². The number of methoxy groups -OCH3 is 1. The lowest BCUT2D eigenvalue weighted by molar-refractivity contribution is 0.282. The maximum atomic E-state index is 12.7. The number of H-pyrrole nitrogens is 1. The molecule has 0 fully saturated rings. The van der Waals surface area contributed by atoms with E-state index in [1.807, 2.05) is 36.4 Å². The minimum Gasteiger partial charge on any atom is -0.497 e. The molecule has 0 saturated carbocycles. The van der Waals surface area contributed by atoms with Crippen LogP contribution >= 0.6 is 0 Å². The molecule has 0 saturated heterocycles. The van der Waals surface area contributed by atoms with Crippen molar-refractivity contribution < 1.29 is 9.84 Å². The normalized spacial score (nSPS) is 11.2. The van der Waals surface area contributed by atoms with Crippen molar-refractivity contribution in [2.45, 2.75) is 6.61 Å². The van der Waals surface area contributed by atoms with Gasteiger partial charge < -0.3 is 9.84 Å². The van der Waals surface area contributed by atoms with E-state index in [0.717, 1.165) is 22.0 Å². The number of hydrogen-bond donors (Lipinski definition) is 2. The van der Waals surface area contributed by atoms with Gasteiger partial charge in [-0.15, -0.1) is 0 Å². The summed E-state index contributed by atoms with van der Waals surface area (Å²) in [5.41, 5.74) is 2.75. The molecular formula is C18H15N3O3. The van der Waals surface area contributed by atoms with Crippen molar-refractivity contribution in [1.29, 1.82) is 0 Å². The number of nitrogens with one attached hydrogen (secondary N) is 1. The first-order valence-corrected chi connectivity index (χ1v) is 7.49. The molecule has 0 radical (unpaired) electrons. The number of rotatable bonds is 3. The molecule has 0 aliphatic heterocycles. The molecule has 2 aromatic heterocycles. The summed E-state index contributed by atoms with van der Waals surface area (Å²) in [6.07, 6.45) is 1.56. The minimum absolute atomic E-state index is 0.0446. The average Bonchev–Trinajstić information content (AvgIpc) is 2.98. The maximum Gasteiger partial charge on any atom is 0.280 e. The summed E-state index contributed by atoms with van der Waals surface area (Å²) in [5, 5.41) is 13.8. The first-order chi connectivity index (χ1) is 11.7. The van der Waals surface area contributed by atoms with E-state index >= 15 is 0 Å². The van der Waals surface area contributed by atoms with Gasteiger partial charge in [0.15, 0.2) is 0 Å². The van der Waals surface area contributed by atoms with Gasteiger partial charge in [-0.3, -0.25) is 14.9 Å². The lowest BCUT2D eigenvalue weighted by atomic mass is 10.1. The number of benzene rings is 2. The van der Waals surface area contributed by atoms with Crippen LogP contribution in [0.15, 0.2) is 53.5 Å².